The van der Waals surface area contributed by atoms with Gasteiger partial charge in [-0.3, -0.25) is 5.41 Å². The summed E-state index contributed by atoms with van der Waals surface area (Å²) in [4.78, 5) is 4.08. The van der Waals surface area contributed by atoms with Crippen LogP contribution in [0.5, 0.6) is 11.6 Å². The molecule has 0 aliphatic heterocycles. The zero-order valence-electron chi connectivity index (χ0n) is 11.0. The summed E-state index contributed by atoms with van der Waals surface area (Å²) in [5.74, 6) is 0.726. The van der Waals surface area contributed by atoms with Gasteiger partial charge in [-0.25, -0.2) is 4.98 Å². The molecule has 0 bridgehead atoms. The van der Waals surface area contributed by atoms with E-state index in [0.717, 1.165) is 11.1 Å². The lowest BCUT2D eigenvalue weighted by atomic mass is 10.1. The van der Waals surface area contributed by atoms with E-state index in [1.165, 1.54) is 6.20 Å². The van der Waals surface area contributed by atoms with E-state index in [9.17, 15) is 0 Å². The lowest BCUT2D eigenvalue weighted by molar-refractivity contribution is 0.456. The number of hydrogen-bond acceptors (Lipinski definition) is 3. The molecule has 0 saturated carbocycles. The number of rotatable bonds is 3. The Balaban J connectivity index is 2.46. The van der Waals surface area contributed by atoms with Crippen LogP contribution in [0, 0.1) is 19.3 Å². The van der Waals surface area contributed by atoms with Gasteiger partial charge in [0.1, 0.15) is 16.6 Å². The van der Waals surface area contributed by atoms with Crippen LogP contribution in [0.1, 0.15) is 16.7 Å². The summed E-state index contributed by atoms with van der Waals surface area (Å²) < 4.78 is 5.76. The molecule has 0 aliphatic rings. The Labute approximate surface area is 127 Å². The van der Waals surface area contributed by atoms with Gasteiger partial charge < -0.3 is 10.5 Å². The van der Waals surface area contributed by atoms with Gasteiger partial charge in [0.2, 0.25) is 5.88 Å². The molecule has 0 aliphatic carbocycles. The van der Waals surface area contributed by atoms with Crippen molar-refractivity contribution in [3.05, 3.63) is 51.1 Å². The molecule has 20 heavy (non-hydrogen) atoms. The molecule has 0 unspecified atom stereocenters. The molecule has 4 nitrogen and oxygen atoms in total. The second-order valence-corrected chi connectivity index (χ2v) is 5.18. The van der Waals surface area contributed by atoms with Crippen LogP contribution in [0.4, 0.5) is 0 Å². The lowest BCUT2D eigenvalue weighted by Gasteiger charge is -2.13. The highest BCUT2D eigenvalue weighted by atomic mass is 35.5. The molecule has 1 aromatic carbocycles. The number of nitrogens with two attached hydrogens (primary N) is 1. The van der Waals surface area contributed by atoms with E-state index in [1.54, 1.807) is 18.2 Å². The van der Waals surface area contributed by atoms with Crippen molar-refractivity contribution in [3.8, 4) is 11.6 Å². The predicted octanol–water partition coefficient (Wildman–Crippen LogP) is 4.08. The number of nitrogens with one attached hydrogen (secondary N) is 1. The number of aromatic nitrogens is 1. The van der Waals surface area contributed by atoms with Crippen LogP contribution in [-0.4, -0.2) is 10.8 Å². The number of pyridine rings is 1. The van der Waals surface area contributed by atoms with Crippen molar-refractivity contribution in [2.45, 2.75) is 13.8 Å². The molecule has 104 valence electrons. The Kier molecular flexibility index (Phi) is 4.16. The summed E-state index contributed by atoms with van der Waals surface area (Å²) >= 11 is 12.1. The van der Waals surface area contributed by atoms with Gasteiger partial charge in [0.15, 0.2) is 0 Å². The molecule has 1 heterocycles. The van der Waals surface area contributed by atoms with Crippen molar-refractivity contribution < 1.29 is 4.74 Å². The summed E-state index contributed by atoms with van der Waals surface area (Å²) in [6.45, 7) is 3.77. The molecule has 0 fully saturated rings. The number of amidine groups is 1. The van der Waals surface area contributed by atoms with Crippen molar-refractivity contribution in [2.24, 2.45) is 5.73 Å². The number of halogens is 2. The van der Waals surface area contributed by atoms with Crippen LogP contribution in [0.25, 0.3) is 0 Å². The third-order valence-electron chi connectivity index (χ3n) is 2.77. The maximum absolute atomic E-state index is 7.46. The summed E-state index contributed by atoms with van der Waals surface area (Å²) in [5.41, 5.74) is 7.60. The largest absolute Gasteiger partial charge is 0.437 e. The predicted molar refractivity (Wildman–Crippen MR) is 81.3 cm³/mol. The van der Waals surface area contributed by atoms with Gasteiger partial charge in [0.05, 0.1) is 0 Å². The minimum atomic E-state index is -0.133. The van der Waals surface area contributed by atoms with Crippen molar-refractivity contribution >= 4 is 29.0 Å². The number of aryl methyl sites for hydroxylation is 2. The van der Waals surface area contributed by atoms with Crippen molar-refractivity contribution in [1.29, 1.82) is 5.41 Å². The molecule has 0 saturated heterocycles. The van der Waals surface area contributed by atoms with E-state index in [-0.39, 0.29) is 16.7 Å². The van der Waals surface area contributed by atoms with Gasteiger partial charge in [-0.1, -0.05) is 23.2 Å². The van der Waals surface area contributed by atoms with Gasteiger partial charge in [0.25, 0.3) is 0 Å². The number of benzene rings is 1. The van der Waals surface area contributed by atoms with Crippen molar-refractivity contribution in [1.82, 2.24) is 4.98 Å². The van der Waals surface area contributed by atoms with Crippen LogP contribution in [0.2, 0.25) is 10.0 Å². The topological polar surface area (TPSA) is 72.0 Å². The first-order valence-corrected chi connectivity index (χ1v) is 6.59. The Morgan fingerprint density at radius 3 is 2.40 bits per heavy atom. The molecule has 0 atom stereocenters. The fourth-order valence-corrected chi connectivity index (χ4v) is 2.44. The number of ether oxygens (including phenoxy) is 1. The van der Waals surface area contributed by atoms with E-state index in [0.29, 0.717) is 16.3 Å². The normalized spacial score (nSPS) is 10.4. The highest BCUT2D eigenvalue weighted by Crippen LogP contribution is 2.34. The third kappa shape index (κ3) is 2.86. The smallest absolute Gasteiger partial charge is 0.238 e. The van der Waals surface area contributed by atoms with Crippen molar-refractivity contribution in [3.63, 3.8) is 0 Å². The molecule has 6 heteroatoms. The van der Waals surface area contributed by atoms with E-state index in [4.69, 9.17) is 39.1 Å². The molecule has 1 aromatic heterocycles. The zero-order chi connectivity index (χ0) is 14.9. The van der Waals surface area contributed by atoms with Gasteiger partial charge >= 0.3 is 0 Å². The second-order valence-electron chi connectivity index (χ2n) is 4.36. The van der Waals surface area contributed by atoms with Gasteiger partial charge in [-0.2, -0.15) is 0 Å². The Morgan fingerprint density at radius 2 is 1.85 bits per heavy atom. The molecule has 2 aromatic rings. The van der Waals surface area contributed by atoms with Gasteiger partial charge in [0, 0.05) is 16.8 Å². The third-order valence-corrected chi connectivity index (χ3v) is 3.35. The highest BCUT2D eigenvalue weighted by Gasteiger charge is 2.14. The van der Waals surface area contributed by atoms with E-state index in [1.807, 2.05) is 13.8 Å². The fourth-order valence-electron chi connectivity index (χ4n) is 1.86. The van der Waals surface area contributed by atoms with Crippen LogP contribution in [0.3, 0.4) is 0 Å². The summed E-state index contributed by atoms with van der Waals surface area (Å²) in [7, 11) is 0. The van der Waals surface area contributed by atoms with E-state index in [2.05, 4.69) is 4.98 Å². The molecule has 0 spiro atoms. The monoisotopic (exact) mass is 309 g/mol. The first-order valence-electron chi connectivity index (χ1n) is 5.83. The van der Waals surface area contributed by atoms with Gasteiger partial charge in [-0.05, 0) is 43.2 Å². The molecule has 2 rings (SSSR count). The maximum Gasteiger partial charge on any atom is 0.238 e. The molecular formula is C14H13Cl2N3O. The van der Waals surface area contributed by atoms with E-state index >= 15 is 0 Å². The highest BCUT2D eigenvalue weighted by molar-refractivity contribution is 6.35. The molecule has 0 amide bonds. The average Bonchev–Trinajstić information content (AvgIpc) is 2.35. The van der Waals surface area contributed by atoms with E-state index < -0.39 is 0 Å². The number of hydrogen-bond donors (Lipinski definition) is 2. The SMILES string of the molecule is Cc1cc(Cl)cc(C)c1Oc1nccc(C(=N)N)c1Cl. The fraction of sp³-hybridized carbons (Fsp3) is 0.143. The molecule has 3 N–H and O–H groups in total. The maximum atomic E-state index is 7.46. The second kappa shape index (κ2) is 5.69. The minimum Gasteiger partial charge on any atom is -0.437 e. The van der Waals surface area contributed by atoms with Crippen LogP contribution < -0.4 is 10.5 Å². The summed E-state index contributed by atoms with van der Waals surface area (Å²) in [5, 5.41) is 8.32. The Hall–Kier alpha value is -1.78. The average molecular weight is 310 g/mol. The lowest BCUT2D eigenvalue weighted by Crippen LogP contribution is -2.12. The van der Waals surface area contributed by atoms with Crippen LogP contribution >= 0.6 is 23.2 Å². The zero-order valence-corrected chi connectivity index (χ0v) is 12.5. The van der Waals surface area contributed by atoms with Gasteiger partial charge in [-0.15, -0.1) is 0 Å². The van der Waals surface area contributed by atoms with Crippen LogP contribution in [-0.2, 0) is 0 Å². The first kappa shape index (κ1) is 14.6. The first-order chi connectivity index (χ1) is 9.40. The quantitative estimate of drug-likeness (QED) is 0.662. The standard InChI is InChI=1S/C14H13Cl2N3O/c1-7-5-9(15)6-8(2)12(7)20-14-11(16)10(13(17)18)3-4-19-14/h3-6H,1-2H3,(H3,17,18). The van der Waals surface area contributed by atoms with Crippen molar-refractivity contribution in [2.75, 3.05) is 0 Å². The Bertz CT molecular complexity index is 663. The minimum absolute atomic E-state index is 0.133. The number of nitrogen functional groups attached to an aromatic ring is 1. The number of nitrogens with zero attached hydrogens (tertiary/aromatic N) is 1. The Morgan fingerprint density at radius 1 is 1.25 bits per heavy atom. The van der Waals surface area contributed by atoms with Crippen LogP contribution in [0.15, 0.2) is 24.4 Å². The molecular weight excluding hydrogens is 297 g/mol. The summed E-state index contributed by atoms with van der Waals surface area (Å²) in [6.07, 6.45) is 1.50. The molecule has 0 radical (unpaired) electrons. The summed E-state index contributed by atoms with van der Waals surface area (Å²) in [6, 6.07) is 5.17.